The molecular weight excluding hydrogens is 217 g/mol. The van der Waals surface area contributed by atoms with Crippen molar-refractivity contribution in [3.8, 4) is 0 Å². The molecule has 0 unspecified atom stereocenters. The van der Waals surface area contributed by atoms with Gasteiger partial charge in [-0.05, 0) is 0 Å². The SMILES string of the molecule is CC(C)(C)c1ccc(N[C]=O)[se]1. The Labute approximate surface area is 78.7 Å². The van der Waals surface area contributed by atoms with Gasteiger partial charge in [0.2, 0.25) is 0 Å². The summed E-state index contributed by atoms with van der Waals surface area (Å²) in [7, 11) is 0. The number of amides is 1. The molecule has 0 bridgehead atoms. The maximum absolute atomic E-state index is 10.0. The second kappa shape index (κ2) is 3.46. The first kappa shape index (κ1) is 9.56. The zero-order chi connectivity index (χ0) is 9.19. The van der Waals surface area contributed by atoms with Crippen molar-refractivity contribution in [3.63, 3.8) is 0 Å². The Kier molecular flexibility index (Phi) is 2.76. The monoisotopic (exact) mass is 230 g/mol. The summed E-state index contributed by atoms with van der Waals surface area (Å²) in [5.74, 6) is 0. The van der Waals surface area contributed by atoms with Gasteiger partial charge in [-0.3, -0.25) is 0 Å². The van der Waals surface area contributed by atoms with Crippen LogP contribution in [-0.2, 0) is 10.2 Å². The third-order valence-corrected chi connectivity index (χ3v) is 4.51. The zero-order valence-corrected chi connectivity index (χ0v) is 9.18. The van der Waals surface area contributed by atoms with Gasteiger partial charge in [-0.2, -0.15) is 0 Å². The van der Waals surface area contributed by atoms with E-state index in [1.807, 2.05) is 6.07 Å². The van der Waals surface area contributed by atoms with Crippen LogP contribution >= 0.6 is 0 Å². The fourth-order valence-corrected chi connectivity index (χ4v) is 2.76. The molecule has 1 amide bonds. The van der Waals surface area contributed by atoms with E-state index in [0.29, 0.717) is 0 Å². The first-order chi connectivity index (χ1) is 5.54. The van der Waals surface area contributed by atoms with Gasteiger partial charge in [0, 0.05) is 0 Å². The van der Waals surface area contributed by atoms with Crippen LogP contribution < -0.4 is 5.32 Å². The third-order valence-electron chi connectivity index (χ3n) is 1.52. The second-order valence-corrected chi connectivity index (χ2v) is 5.91. The van der Waals surface area contributed by atoms with Crippen LogP contribution in [0.4, 0.5) is 4.56 Å². The van der Waals surface area contributed by atoms with Gasteiger partial charge in [0.25, 0.3) is 0 Å². The van der Waals surface area contributed by atoms with Gasteiger partial charge in [0.15, 0.2) is 0 Å². The van der Waals surface area contributed by atoms with Crippen molar-refractivity contribution in [1.82, 2.24) is 0 Å². The fourth-order valence-electron chi connectivity index (χ4n) is 0.858. The van der Waals surface area contributed by atoms with E-state index >= 15 is 0 Å². The molecule has 0 saturated heterocycles. The van der Waals surface area contributed by atoms with Crippen molar-refractivity contribution in [2.75, 3.05) is 5.32 Å². The predicted octanol–water partition coefficient (Wildman–Crippen LogP) is 1.52. The number of rotatable bonds is 2. The number of anilines is 1. The quantitative estimate of drug-likeness (QED) is 0.604. The Morgan fingerprint density at radius 2 is 2.08 bits per heavy atom. The van der Waals surface area contributed by atoms with Gasteiger partial charge in [0.05, 0.1) is 0 Å². The minimum atomic E-state index is 0.225. The van der Waals surface area contributed by atoms with Crippen LogP contribution in [0.1, 0.15) is 25.2 Å². The molecule has 0 spiro atoms. The van der Waals surface area contributed by atoms with E-state index in [0.717, 1.165) is 4.56 Å². The Hall–Kier alpha value is -0.531. The summed E-state index contributed by atoms with van der Waals surface area (Å²) < 4.78 is 2.41. The van der Waals surface area contributed by atoms with E-state index < -0.39 is 0 Å². The maximum atomic E-state index is 10.0. The van der Waals surface area contributed by atoms with E-state index in [4.69, 9.17) is 0 Å². The van der Waals surface area contributed by atoms with Gasteiger partial charge < -0.3 is 0 Å². The van der Waals surface area contributed by atoms with Crippen LogP contribution in [0, 0.1) is 0 Å². The summed E-state index contributed by atoms with van der Waals surface area (Å²) >= 11 is 0.287. The zero-order valence-electron chi connectivity index (χ0n) is 7.47. The molecule has 1 aromatic heterocycles. The molecule has 1 rings (SSSR count). The average Bonchev–Trinajstić information content (AvgIpc) is 2.35. The summed E-state index contributed by atoms with van der Waals surface area (Å²) in [4.78, 5) is 10.0. The Morgan fingerprint density at radius 3 is 2.50 bits per heavy atom. The van der Waals surface area contributed by atoms with E-state index in [1.54, 1.807) is 6.41 Å². The topological polar surface area (TPSA) is 29.1 Å². The van der Waals surface area contributed by atoms with Gasteiger partial charge in [-0.1, -0.05) is 0 Å². The molecule has 0 aliphatic heterocycles. The molecule has 0 saturated carbocycles. The average molecular weight is 229 g/mol. The number of hydrogen-bond donors (Lipinski definition) is 1. The van der Waals surface area contributed by atoms with Crippen LogP contribution in [-0.4, -0.2) is 20.9 Å². The summed E-state index contributed by atoms with van der Waals surface area (Å²) in [6.07, 6.45) is 1.70. The Balaban J connectivity index is 2.84. The molecule has 0 atom stereocenters. The first-order valence-corrected chi connectivity index (χ1v) is 5.49. The molecule has 1 N–H and O–H groups in total. The van der Waals surface area contributed by atoms with Crippen LogP contribution in [0.25, 0.3) is 0 Å². The number of carbonyl (C=O) groups excluding carboxylic acids is 1. The molecule has 3 heteroatoms. The van der Waals surface area contributed by atoms with Crippen molar-refractivity contribution in [2.45, 2.75) is 26.2 Å². The third kappa shape index (κ3) is 2.23. The molecular formula is C9H12NOSe. The molecule has 0 fully saturated rings. The van der Waals surface area contributed by atoms with Crippen LogP contribution in [0.3, 0.4) is 0 Å². The molecule has 0 aliphatic rings. The Bertz CT molecular complexity index is 272. The molecule has 12 heavy (non-hydrogen) atoms. The molecule has 1 radical (unpaired) electrons. The number of nitrogens with one attached hydrogen (secondary N) is 1. The standard InChI is InChI=1S/C9H12NOSe/c1-9(2,3)7-4-5-8(12-7)10-6-11/h4-5H,1-3H3,(H,10,11). The molecule has 1 heterocycles. The second-order valence-electron chi connectivity index (χ2n) is 3.64. The van der Waals surface area contributed by atoms with Gasteiger partial charge in [-0.15, -0.1) is 0 Å². The van der Waals surface area contributed by atoms with Gasteiger partial charge in [0.1, 0.15) is 0 Å². The van der Waals surface area contributed by atoms with Crippen LogP contribution in [0.15, 0.2) is 12.1 Å². The van der Waals surface area contributed by atoms with E-state index in [9.17, 15) is 4.79 Å². The summed E-state index contributed by atoms with van der Waals surface area (Å²) in [5, 5.41) is 2.58. The molecule has 65 valence electrons. The summed E-state index contributed by atoms with van der Waals surface area (Å²) in [6.45, 7) is 6.55. The molecule has 0 aromatic carbocycles. The summed E-state index contributed by atoms with van der Waals surface area (Å²) in [5.41, 5.74) is 0.225. The first-order valence-electron chi connectivity index (χ1n) is 3.77. The fraction of sp³-hybridized carbons (Fsp3) is 0.444. The van der Waals surface area contributed by atoms with Crippen molar-refractivity contribution >= 4 is 25.5 Å². The minimum absolute atomic E-state index is 0.225. The van der Waals surface area contributed by atoms with Crippen molar-refractivity contribution in [2.24, 2.45) is 0 Å². The van der Waals surface area contributed by atoms with E-state index in [2.05, 4.69) is 32.2 Å². The van der Waals surface area contributed by atoms with Crippen LogP contribution in [0.5, 0.6) is 0 Å². The summed E-state index contributed by atoms with van der Waals surface area (Å²) in [6, 6.07) is 4.06. The van der Waals surface area contributed by atoms with Crippen molar-refractivity contribution in [3.05, 3.63) is 16.6 Å². The molecule has 2 nitrogen and oxygen atoms in total. The molecule has 1 aromatic rings. The van der Waals surface area contributed by atoms with Gasteiger partial charge in [-0.25, -0.2) is 0 Å². The van der Waals surface area contributed by atoms with Crippen molar-refractivity contribution in [1.29, 1.82) is 0 Å². The number of hydrogen-bond acceptors (Lipinski definition) is 1. The predicted molar refractivity (Wildman–Crippen MR) is 51.4 cm³/mol. The normalized spacial score (nSPS) is 11.2. The Morgan fingerprint density at radius 1 is 1.42 bits per heavy atom. The van der Waals surface area contributed by atoms with E-state index in [-0.39, 0.29) is 19.9 Å². The van der Waals surface area contributed by atoms with Gasteiger partial charge >= 0.3 is 78.3 Å². The van der Waals surface area contributed by atoms with Crippen LogP contribution in [0.2, 0.25) is 0 Å². The molecule has 0 aliphatic carbocycles. The van der Waals surface area contributed by atoms with Crippen molar-refractivity contribution < 1.29 is 4.79 Å². The van der Waals surface area contributed by atoms with E-state index in [1.165, 1.54) is 4.44 Å².